The van der Waals surface area contributed by atoms with Crippen molar-refractivity contribution in [2.45, 2.75) is 39.7 Å². The van der Waals surface area contributed by atoms with Crippen molar-refractivity contribution in [2.75, 3.05) is 31.6 Å². The maximum atomic E-state index is 12.5. The van der Waals surface area contributed by atoms with Gasteiger partial charge in [0.15, 0.2) is 0 Å². The van der Waals surface area contributed by atoms with Gasteiger partial charge < -0.3 is 14.8 Å². The number of esters is 1. The van der Waals surface area contributed by atoms with Gasteiger partial charge in [0.05, 0.1) is 25.2 Å². The van der Waals surface area contributed by atoms with E-state index in [-0.39, 0.29) is 23.8 Å². The topological polar surface area (TPSA) is 67.9 Å². The fourth-order valence-electron chi connectivity index (χ4n) is 3.02. The Morgan fingerprint density at radius 3 is 2.60 bits per heavy atom. The van der Waals surface area contributed by atoms with Crippen LogP contribution in [0.3, 0.4) is 0 Å². The summed E-state index contributed by atoms with van der Waals surface area (Å²) in [5.41, 5.74) is 0.735. The Morgan fingerprint density at radius 2 is 1.96 bits per heavy atom. The maximum Gasteiger partial charge on any atom is 0.310 e. The van der Waals surface area contributed by atoms with Crippen molar-refractivity contribution in [3.8, 4) is 5.75 Å². The van der Waals surface area contributed by atoms with E-state index in [4.69, 9.17) is 9.47 Å². The molecule has 0 spiro atoms. The number of nitrogens with zero attached hydrogens (tertiary/aromatic N) is 1. The molecule has 2 rings (SSSR count). The van der Waals surface area contributed by atoms with Gasteiger partial charge in [0.1, 0.15) is 5.75 Å². The number of piperidine rings is 1. The molecule has 6 nitrogen and oxygen atoms in total. The maximum absolute atomic E-state index is 12.5. The largest absolute Gasteiger partial charge is 0.494 e. The Labute approximate surface area is 149 Å². The molecule has 1 saturated heterocycles. The number of carbonyl (C=O) groups excluding carboxylic acids is 2. The summed E-state index contributed by atoms with van der Waals surface area (Å²) in [5, 5.41) is 2.93. The third kappa shape index (κ3) is 5.46. The molecule has 0 unspecified atom stereocenters. The molecule has 25 heavy (non-hydrogen) atoms. The molecule has 1 N–H and O–H groups in total. The summed E-state index contributed by atoms with van der Waals surface area (Å²) in [7, 11) is 0. The molecule has 1 aliphatic rings. The lowest BCUT2D eigenvalue weighted by Crippen LogP contribution is -2.48. The molecule has 6 heteroatoms. The number of hydrogen-bond donors (Lipinski definition) is 1. The van der Waals surface area contributed by atoms with E-state index in [0.29, 0.717) is 19.8 Å². The van der Waals surface area contributed by atoms with Crippen LogP contribution < -0.4 is 10.1 Å². The van der Waals surface area contributed by atoms with Crippen molar-refractivity contribution in [2.24, 2.45) is 5.92 Å². The Kier molecular flexibility index (Phi) is 7.25. The number of amides is 1. The fourth-order valence-corrected chi connectivity index (χ4v) is 3.02. The van der Waals surface area contributed by atoms with Crippen LogP contribution in [-0.2, 0) is 14.3 Å². The molecule has 1 aromatic rings. The summed E-state index contributed by atoms with van der Waals surface area (Å²) in [6, 6.07) is 7.02. The van der Waals surface area contributed by atoms with Crippen LogP contribution in [0, 0.1) is 5.92 Å². The lowest BCUT2D eigenvalue weighted by Gasteiger charge is -2.35. The predicted octanol–water partition coefficient (Wildman–Crippen LogP) is 2.69. The van der Waals surface area contributed by atoms with E-state index in [1.54, 1.807) is 0 Å². The van der Waals surface area contributed by atoms with Crippen molar-refractivity contribution in [1.82, 2.24) is 4.90 Å². The second kappa shape index (κ2) is 9.42. The SMILES string of the molecule is CCOC(=O)[C@H]1CCCN([C@H](C)C(=O)Nc2ccc(OCC)cc2)C1. The van der Waals surface area contributed by atoms with Crippen LogP contribution in [-0.4, -0.2) is 49.1 Å². The molecule has 0 saturated carbocycles. The molecule has 0 bridgehead atoms. The average molecular weight is 348 g/mol. The Bertz CT molecular complexity index is 573. The molecule has 1 heterocycles. The van der Waals surface area contributed by atoms with E-state index in [9.17, 15) is 9.59 Å². The first-order valence-corrected chi connectivity index (χ1v) is 8.99. The fraction of sp³-hybridized carbons (Fsp3) is 0.579. The predicted molar refractivity (Wildman–Crippen MR) is 96.6 cm³/mol. The lowest BCUT2D eigenvalue weighted by molar-refractivity contribution is -0.150. The van der Waals surface area contributed by atoms with Gasteiger partial charge in [-0.3, -0.25) is 14.5 Å². The first-order valence-electron chi connectivity index (χ1n) is 8.99. The lowest BCUT2D eigenvalue weighted by atomic mass is 9.97. The Morgan fingerprint density at radius 1 is 1.24 bits per heavy atom. The number of likely N-dealkylation sites (tertiary alicyclic amines) is 1. The van der Waals surface area contributed by atoms with Crippen molar-refractivity contribution >= 4 is 17.6 Å². The van der Waals surface area contributed by atoms with E-state index in [0.717, 1.165) is 30.8 Å². The Hall–Kier alpha value is -2.08. The first-order chi connectivity index (χ1) is 12.0. The third-order valence-electron chi connectivity index (χ3n) is 4.43. The van der Waals surface area contributed by atoms with E-state index in [1.807, 2.05) is 45.0 Å². The molecule has 0 radical (unpaired) electrons. The van der Waals surface area contributed by atoms with Gasteiger partial charge in [-0.25, -0.2) is 0 Å². The normalized spacial score (nSPS) is 19.1. The van der Waals surface area contributed by atoms with Gasteiger partial charge in [-0.2, -0.15) is 0 Å². The summed E-state index contributed by atoms with van der Waals surface area (Å²) in [6.45, 7) is 8.00. The van der Waals surface area contributed by atoms with Gasteiger partial charge in [0, 0.05) is 12.2 Å². The van der Waals surface area contributed by atoms with Gasteiger partial charge in [0.25, 0.3) is 0 Å². The van der Waals surface area contributed by atoms with Crippen molar-refractivity contribution in [1.29, 1.82) is 0 Å². The standard InChI is InChI=1S/C19H28N2O4/c1-4-24-17-10-8-16(9-11-17)20-18(22)14(3)21-12-6-7-15(13-21)19(23)25-5-2/h8-11,14-15H,4-7,12-13H2,1-3H3,(H,20,22)/t14-,15+/m1/s1. The molecular weight excluding hydrogens is 320 g/mol. The molecule has 2 atom stereocenters. The molecular formula is C19H28N2O4. The highest BCUT2D eigenvalue weighted by atomic mass is 16.5. The second-order valence-electron chi connectivity index (χ2n) is 6.21. The molecule has 0 aliphatic carbocycles. The highest BCUT2D eigenvalue weighted by molar-refractivity contribution is 5.94. The van der Waals surface area contributed by atoms with Gasteiger partial charge in [-0.05, 0) is 64.4 Å². The summed E-state index contributed by atoms with van der Waals surface area (Å²) in [4.78, 5) is 26.5. The summed E-state index contributed by atoms with van der Waals surface area (Å²) in [6.07, 6.45) is 1.71. The number of anilines is 1. The third-order valence-corrected chi connectivity index (χ3v) is 4.43. The minimum absolute atomic E-state index is 0.0753. The van der Waals surface area contributed by atoms with E-state index < -0.39 is 0 Å². The highest BCUT2D eigenvalue weighted by Crippen LogP contribution is 2.21. The number of ether oxygens (including phenoxy) is 2. The number of carbonyl (C=O) groups is 2. The number of benzene rings is 1. The van der Waals surface area contributed by atoms with Crippen LogP contribution >= 0.6 is 0 Å². The zero-order valence-electron chi connectivity index (χ0n) is 15.3. The van der Waals surface area contributed by atoms with Crippen molar-refractivity contribution in [3.05, 3.63) is 24.3 Å². The average Bonchev–Trinajstić information content (AvgIpc) is 2.63. The summed E-state index contributed by atoms with van der Waals surface area (Å²) in [5.74, 6) is 0.399. The van der Waals surface area contributed by atoms with Gasteiger partial charge in [-0.15, -0.1) is 0 Å². The minimum atomic E-state index is -0.302. The molecule has 138 valence electrons. The van der Waals surface area contributed by atoms with E-state index in [1.165, 1.54) is 0 Å². The van der Waals surface area contributed by atoms with Crippen LogP contribution in [0.1, 0.15) is 33.6 Å². The molecule has 1 amide bonds. The van der Waals surface area contributed by atoms with Crippen LogP contribution in [0.5, 0.6) is 5.75 Å². The van der Waals surface area contributed by atoms with Gasteiger partial charge in [0.2, 0.25) is 5.91 Å². The van der Waals surface area contributed by atoms with Crippen LogP contribution in [0.4, 0.5) is 5.69 Å². The van der Waals surface area contributed by atoms with Crippen molar-refractivity contribution < 1.29 is 19.1 Å². The molecule has 1 aromatic carbocycles. The molecule has 0 aromatic heterocycles. The van der Waals surface area contributed by atoms with E-state index >= 15 is 0 Å². The number of rotatable bonds is 7. The zero-order valence-corrected chi connectivity index (χ0v) is 15.3. The van der Waals surface area contributed by atoms with Gasteiger partial charge in [-0.1, -0.05) is 0 Å². The van der Waals surface area contributed by atoms with Crippen molar-refractivity contribution in [3.63, 3.8) is 0 Å². The first kappa shape index (κ1) is 19.2. The summed E-state index contributed by atoms with van der Waals surface area (Å²) < 4.78 is 10.5. The molecule has 1 fully saturated rings. The monoisotopic (exact) mass is 348 g/mol. The van der Waals surface area contributed by atoms with Crippen LogP contribution in [0.25, 0.3) is 0 Å². The zero-order chi connectivity index (χ0) is 18.2. The Balaban J connectivity index is 1.91. The highest BCUT2D eigenvalue weighted by Gasteiger charge is 2.31. The number of hydrogen-bond acceptors (Lipinski definition) is 5. The smallest absolute Gasteiger partial charge is 0.310 e. The van der Waals surface area contributed by atoms with Crippen LogP contribution in [0.2, 0.25) is 0 Å². The molecule has 1 aliphatic heterocycles. The van der Waals surface area contributed by atoms with E-state index in [2.05, 4.69) is 10.2 Å². The summed E-state index contributed by atoms with van der Waals surface area (Å²) >= 11 is 0. The van der Waals surface area contributed by atoms with Gasteiger partial charge >= 0.3 is 5.97 Å². The minimum Gasteiger partial charge on any atom is -0.494 e. The van der Waals surface area contributed by atoms with Crippen LogP contribution in [0.15, 0.2) is 24.3 Å². The number of nitrogens with one attached hydrogen (secondary N) is 1. The second-order valence-corrected chi connectivity index (χ2v) is 6.21. The quantitative estimate of drug-likeness (QED) is 0.768.